The Kier molecular flexibility index (Phi) is 5.81. The molecule has 0 radical (unpaired) electrons. The molecule has 0 aromatic heterocycles. The molecule has 0 spiro atoms. The molecular weight excluding hydrogens is 399 g/mol. The molecule has 0 aliphatic rings. The van der Waals surface area contributed by atoms with Gasteiger partial charge in [0.15, 0.2) is 9.84 Å². The molecule has 0 heterocycles. The van der Waals surface area contributed by atoms with E-state index < -0.39 is 9.84 Å². The zero-order chi connectivity index (χ0) is 21.0. The Morgan fingerprint density at radius 1 is 0.700 bits per heavy atom. The van der Waals surface area contributed by atoms with E-state index in [4.69, 9.17) is 4.74 Å². The predicted octanol–water partition coefficient (Wildman–Crippen LogP) is 5.67. The number of benzene rings is 4. The predicted molar refractivity (Wildman–Crippen MR) is 117 cm³/mol. The summed E-state index contributed by atoms with van der Waals surface area (Å²) in [6.45, 7) is 0.318. The van der Waals surface area contributed by atoms with E-state index in [-0.39, 0.29) is 17.3 Å². The molecule has 0 atom stereocenters. The summed E-state index contributed by atoms with van der Waals surface area (Å²) in [6, 6.07) is 26.7. The Hall–Kier alpha value is -3.18. The maximum atomic E-state index is 13.0. The van der Waals surface area contributed by atoms with Gasteiger partial charge in [0.2, 0.25) is 0 Å². The molecule has 4 aromatic rings. The van der Waals surface area contributed by atoms with Crippen LogP contribution in [0, 0.1) is 5.82 Å². The Morgan fingerprint density at radius 2 is 1.37 bits per heavy atom. The molecule has 0 unspecified atom stereocenters. The summed E-state index contributed by atoms with van der Waals surface area (Å²) in [5, 5.41) is 2.00. The van der Waals surface area contributed by atoms with E-state index in [1.807, 2.05) is 42.5 Å². The minimum Gasteiger partial charge on any atom is -0.489 e. The maximum Gasteiger partial charge on any atom is 0.158 e. The summed E-state index contributed by atoms with van der Waals surface area (Å²) in [5.41, 5.74) is 2.38. The molecule has 0 bridgehead atoms. The molecule has 0 saturated carbocycles. The van der Waals surface area contributed by atoms with Crippen LogP contribution < -0.4 is 4.74 Å². The van der Waals surface area contributed by atoms with Gasteiger partial charge in [-0.2, -0.15) is 0 Å². The molecule has 0 aliphatic heterocycles. The number of hydrogen-bond donors (Lipinski definition) is 0. The summed E-state index contributed by atoms with van der Waals surface area (Å²) < 4.78 is 44.2. The number of ether oxygens (including phenoxy) is 1. The van der Waals surface area contributed by atoms with Gasteiger partial charge in [0.05, 0.1) is 11.5 Å². The van der Waals surface area contributed by atoms with Gasteiger partial charge in [0.25, 0.3) is 0 Å². The third-order valence-electron chi connectivity index (χ3n) is 4.88. The van der Waals surface area contributed by atoms with Crippen LogP contribution in [0.15, 0.2) is 91.0 Å². The molecule has 152 valence electrons. The molecule has 0 saturated heterocycles. The Morgan fingerprint density at radius 3 is 2.13 bits per heavy atom. The summed E-state index contributed by atoms with van der Waals surface area (Å²) in [5.74, 6) is 0.313. The van der Waals surface area contributed by atoms with Crippen LogP contribution in [0.4, 0.5) is 4.39 Å². The number of hydrogen-bond acceptors (Lipinski definition) is 3. The van der Waals surface area contributed by atoms with Gasteiger partial charge in [-0.05, 0) is 51.7 Å². The average Bonchev–Trinajstić information content (AvgIpc) is 2.74. The Bertz CT molecular complexity index is 1240. The van der Waals surface area contributed by atoms with E-state index in [0.29, 0.717) is 17.9 Å². The fraction of sp³-hybridized carbons (Fsp3) is 0.120. The number of rotatable bonds is 7. The van der Waals surface area contributed by atoms with Crippen molar-refractivity contribution in [3.05, 3.63) is 114 Å². The molecule has 3 nitrogen and oxygen atoms in total. The zero-order valence-corrected chi connectivity index (χ0v) is 17.1. The van der Waals surface area contributed by atoms with Crippen LogP contribution >= 0.6 is 0 Å². The Balaban J connectivity index is 1.41. The molecule has 30 heavy (non-hydrogen) atoms. The first-order valence-electron chi connectivity index (χ1n) is 9.62. The molecule has 0 aliphatic carbocycles. The van der Waals surface area contributed by atoms with E-state index in [1.165, 1.54) is 12.1 Å². The fourth-order valence-electron chi connectivity index (χ4n) is 3.39. The first kappa shape index (κ1) is 20.1. The van der Waals surface area contributed by atoms with Gasteiger partial charge in [0, 0.05) is 0 Å². The summed E-state index contributed by atoms with van der Waals surface area (Å²) in [7, 11) is -3.33. The normalized spacial score (nSPS) is 11.5. The molecule has 4 rings (SSSR count). The van der Waals surface area contributed by atoms with Crippen LogP contribution in [0.25, 0.3) is 10.8 Å². The van der Waals surface area contributed by atoms with Crippen LogP contribution in [0.3, 0.4) is 0 Å². The van der Waals surface area contributed by atoms with Crippen LogP contribution in [-0.4, -0.2) is 8.42 Å². The number of fused-ring (bicyclic) bond motifs is 1. The van der Waals surface area contributed by atoms with Gasteiger partial charge in [-0.3, -0.25) is 0 Å². The van der Waals surface area contributed by atoms with Gasteiger partial charge in [-0.1, -0.05) is 66.7 Å². The second-order valence-electron chi connectivity index (χ2n) is 7.23. The van der Waals surface area contributed by atoms with Crippen molar-refractivity contribution in [1.29, 1.82) is 0 Å². The topological polar surface area (TPSA) is 43.4 Å². The second-order valence-corrected chi connectivity index (χ2v) is 9.29. The zero-order valence-electron chi connectivity index (χ0n) is 16.3. The Labute approximate surface area is 175 Å². The maximum absolute atomic E-state index is 13.0. The highest BCUT2D eigenvalue weighted by molar-refractivity contribution is 7.89. The average molecular weight is 421 g/mol. The number of halogens is 1. The van der Waals surface area contributed by atoms with Crippen LogP contribution in [0.5, 0.6) is 5.75 Å². The third kappa shape index (κ3) is 5.05. The van der Waals surface area contributed by atoms with Crippen molar-refractivity contribution in [3.8, 4) is 5.75 Å². The highest BCUT2D eigenvalue weighted by Crippen LogP contribution is 2.23. The molecule has 0 amide bonds. The van der Waals surface area contributed by atoms with Crippen LogP contribution in [0.1, 0.15) is 16.7 Å². The molecular formula is C25H21FO3S. The van der Waals surface area contributed by atoms with Gasteiger partial charge < -0.3 is 4.74 Å². The highest BCUT2D eigenvalue weighted by atomic mass is 32.2. The standard InChI is InChI=1S/C25H21FO3S/c26-23-12-8-19(9-13-23)16-29-24-14-10-20(11-15-24)17-30(27,28)18-22-6-3-5-21-4-1-2-7-25(21)22/h1-15H,16-18H2. The van der Waals surface area contributed by atoms with Crippen molar-refractivity contribution in [2.24, 2.45) is 0 Å². The molecule has 5 heteroatoms. The summed E-state index contributed by atoms with van der Waals surface area (Å²) >= 11 is 0. The molecule has 0 N–H and O–H groups in total. The van der Waals surface area contributed by atoms with Gasteiger partial charge in [-0.15, -0.1) is 0 Å². The quantitative estimate of drug-likeness (QED) is 0.387. The van der Waals surface area contributed by atoms with E-state index in [0.717, 1.165) is 21.9 Å². The highest BCUT2D eigenvalue weighted by Gasteiger charge is 2.15. The first-order valence-corrected chi connectivity index (χ1v) is 11.4. The minimum absolute atomic E-state index is 0.00281. The summed E-state index contributed by atoms with van der Waals surface area (Å²) in [6.07, 6.45) is 0. The van der Waals surface area contributed by atoms with Crippen molar-refractivity contribution in [2.45, 2.75) is 18.1 Å². The molecule has 0 fully saturated rings. The van der Waals surface area contributed by atoms with E-state index in [9.17, 15) is 12.8 Å². The monoisotopic (exact) mass is 420 g/mol. The number of sulfone groups is 1. The fourth-order valence-corrected chi connectivity index (χ4v) is 4.92. The van der Waals surface area contributed by atoms with E-state index >= 15 is 0 Å². The first-order chi connectivity index (χ1) is 14.5. The second kappa shape index (κ2) is 8.67. The SMILES string of the molecule is O=S(=O)(Cc1ccc(OCc2ccc(F)cc2)cc1)Cc1cccc2ccccc12. The van der Waals surface area contributed by atoms with Crippen molar-refractivity contribution < 1.29 is 17.5 Å². The van der Waals surface area contributed by atoms with Gasteiger partial charge in [-0.25, -0.2) is 12.8 Å². The van der Waals surface area contributed by atoms with Crippen molar-refractivity contribution in [1.82, 2.24) is 0 Å². The third-order valence-corrected chi connectivity index (χ3v) is 6.41. The summed E-state index contributed by atoms with van der Waals surface area (Å²) in [4.78, 5) is 0. The largest absolute Gasteiger partial charge is 0.489 e. The lowest BCUT2D eigenvalue weighted by molar-refractivity contribution is 0.306. The lowest BCUT2D eigenvalue weighted by Crippen LogP contribution is -2.08. The smallest absolute Gasteiger partial charge is 0.158 e. The van der Waals surface area contributed by atoms with Gasteiger partial charge >= 0.3 is 0 Å². The van der Waals surface area contributed by atoms with E-state index in [1.54, 1.807) is 36.4 Å². The minimum atomic E-state index is -3.33. The van der Waals surface area contributed by atoms with Crippen molar-refractivity contribution in [2.75, 3.05) is 0 Å². The lowest BCUT2D eigenvalue weighted by Gasteiger charge is -2.10. The lowest BCUT2D eigenvalue weighted by atomic mass is 10.1. The van der Waals surface area contributed by atoms with Crippen molar-refractivity contribution in [3.63, 3.8) is 0 Å². The van der Waals surface area contributed by atoms with Gasteiger partial charge in [0.1, 0.15) is 18.2 Å². The van der Waals surface area contributed by atoms with Crippen LogP contribution in [-0.2, 0) is 27.9 Å². The van der Waals surface area contributed by atoms with Crippen molar-refractivity contribution >= 4 is 20.6 Å². The van der Waals surface area contributed by atoms with E-state index in [2.05, 4.69) is 0 Å². The van der Waals surface area contributed by atoms with Crippen LogP contribution in [0.2, 0.25) is 0 Å². The molecule has 4 aromatic carbocycles.